The molecule has 0 saturated carbocycles. The van der Waals surface area contributed by atoms with Gasteiger partial charge in [-0.25, -0.2) is 4.57 Å². The number of aliphatic hydroxyl groups excluding tert-OH is 1. The topological polar surface area (TPSA) is 155 Å². The number of esters is 3. The quantitative estimate of drug-likeness (QED) is 0.0197. The van der Waals surface area contributed by atoms with Gasteiger partial charge in [0.1, 0.15) is 12.7 Å². The van der Waals surface area contributed by atoms with Gasteiger partial charge in [0.2, 0.25) is 0 Å². The lowest BCUT2D eigenvalue weighted by Crippen LogP contribution is -2.30. The lowest BCUT2D eigenvalue weighted by Gasteiger charge is -2.21. The van der Waals surface area contributed by atoms with E-state index in [9.17, 15) is 28.9 Å². The Labute approximate surface area is 429 Å². The number of aliphatic hydroxyl groups is 1. The summed E-state index contributed by atoms with van der Waals surface area (Å²) in [5.74, 6) is -1.46. The number of rotatable bonds is 54. The van der Waals surface area contributed by atoms with Crippen molar-refractivity contribution in [1.29, 1.82) is 0 Å². The van der Waals surface area contributed by atoms with E-state index in [0.717, 1.165) is 96.3 Å². The van der Waals surface area contributed by atoms with Gasteiger partial charge in [-0.05, 0) is 77.0 Å². The Morgan fingerprint density at radius 2 is 0.700 bits per heavy atom. The molecule has 70 heavy (non-hydrogen) atoms. The van der Waals surface area contributed by atoms with Crippen LogP contribution in [0.5, 0.6) is 0 Å². The average Bonchev–Trinajstić information content (AvgIpc) is 3.35. The van der Waals surface area contributed by atoms with Crippen LogP contribution in [0.1, 0.15) is 278 Å². The maximum atomic E-state index is 12.9. The first kappa shape index (κ1) is 67.7. The summed E-state index contributed by atoms with van der Waals surface area (Å²) in [5, 5.41) is 9.80. The van der Waals surface area contributed by atoms with Gasteiger partial charge >= 0.3 is 25.7 Å². The van der Waals surface area contributed by atoms with Crippen LogP contribution in [0.25, 0.3) is 0 Å². The Kier molecular flexibility index (Phi) is 51.3. The Bertz CT molecular complexity index is 1320. The summed E-state index contributed by atoms with van der Waals surface area (Å²) in [6.45, 7) is 4.62. The van der Waals surface area contributed by atoms with Crippen molar-refractivity contribution in [1.82, 2.24) is 0 Å². The van der Waals surface area contributed by atoms with Crippen molar-refractivity contribution in [3.8, 4) is 0 Å². The molecule has 410 valence electrons. The first-order chi connectivity index (χ1) is 34.2. The van der Waals surface area contributed by atoms with Crippen molar-refractivity contribution in [2.24, 2.45) is 0 Å². The Morgan fingerprint density at radius 1 is 0.400 bits per heavy atom. The van der Waals surface area contributed by atoms with Crippen LogP contribution in [0.3, 0.4) is 0 Å². The first-order valence-electron chi connectivity index (χ1n) is 28.9. The van der Waals surface area contributed by atoms with E-state index in [2.05, 4.69) is 57.2 Å². The predicted molar refractivity (Wildman–Crippen MR) is 289 cm³/mol. The molecule has 0 fully saturated rings. The molecule has 2 N–H and O–H groups in total. The highest BCUT2D eigenvalue weighted by molar-refractivity contribution is 7.47. The van der Waals surface area contributed by atoms with Crippen molar-refractivity contribution < 1.29 is 52.2 Å². The van der Waals surface area contributed by atoms with E-state index in [1.54, 1.807) is 0 Å². The van der Waals surface area contributed by atoms with Crippen LogP contribution in [-0.2, 0) is 42.2 Å². The molecule has 0 aliphatic heterocycles. The number of hydrogen-bond acceptors (Lipinski definition) is 10. The number of ether oxygens (including phenoxy) is 3. The van der Waals surface area contributed by atoms with Gasteiger partial charge in [0.05, 0.1) is 19.8 Å². The van der Waals surface area contributed by atoms with Crippen LogP contribution in [0, 0.1) is 0 Å². The van der Waals surface area contributed by atoms with E-state index in [0.29, 0.717) is 19.3 Å². The molecule has 0 aromatic rings. The number of carbonyl (C=O) groups is 3. The number of allylic oxidation sites excluding steroid dienone is 6. The summed E-state index contributed by atoms with van der Waals surface area (Å²) in [6, 6.07) is 0. The minimum atomic E-state index is -4.74. The van der Waals surface area contributed by atoms with Gasteiger partial charge in [-0.3, -0.25) is 23.4 Å². The zero-order valence-electron chi connectivity index (χ0n) is 45.2. The summed E-state index contributed by atoms with van der Waals surface area (Å²) in [6.07, 6.45) is 53.8. The predicted octanol–water partition coefficient (Wildman–Crippen LogP) is 16.8. The highest BCUT2D eigenvalue weighted by Crippen LogP contribution is 2.43. The van der Waals surface area contributed by atoms with Crippen LogP contribution in [0.4, 0.5) is 0 Å². The van der Waals surface area contributed by atoms with Crippen LogP contribution in [0.15, 0.2) is 36.5 Å². The van der Waals surface area contributed by atoms with Gasteiger partial charge in [0, 0.05) is 19.3 Å². The van der Waals surface area contributed by atoms with Crippen molar-refractivity contribution in [2.75, 3.05) is 26.4 Å². The minimum absolute atomic E-state index is 0.162. The van der Waals surface area contributed by atoms with Crippen molar-refractivity contribution in [3.05, 3.63) is 36.5 Å². The molecule has 0 bridgehead atoms. The van der Waals surface area contributed by atoms with Gasteiger partial charge in [-0.15, -0.1) is 0 Å². The lowest BCUT2D eigenvalue weighted by molar-refractivity contribution is -0.161. The lowest BCUT2D eigenvalue weighted by atomic mass is 10.0. The first-order valence-corrected chi connectivity index (χ1v) is 30.4. The van der Waals surface area contributed by atoms with E-state index in [1.165, 1.54) is 122 Å². The minimum Gasteiger partial charge on any atom is -0.462 e. The normalized spacial score (nSPS) is 13.6. The molecule has 0 aliphatic carbocycles. The van der Waals surface area contributed by atoms with E-state index < -0.39 is 57.8 Å². The second kappa shape index (κ2) is 53.0. The largest absolute Gasteiger partial charge is 0.472 e. The third-order valence-corrected chi connectivity index (χ3v) is 13.5. The maximum Gasteiger partial charge on any atom is 0.472 e. The highest BCUT2D eigenvalue weighted by Gasteiger charge is 2.28. The summed E-state index contributed by atoms with van der Waals surface area (Å²) in [5.41, 5.74) is 0. The molecule has 0 aromatic carbocycles. The summed E-state index contributed by atoms with van der Waals surface area (Å²) < 4.78 is 39.5. The van der Waals surface area contributed by atoms with Gasteiger partial charge in [-0.1, -0.05) is 218 Å². The van der Waals surface area contributed by atoms with Crippen LogP contribution >= 0.6 is 7.82 Å². The molecular weight excluding hydrogens is 904 g/mol. The SMILES string of the molecule is CCCCC/C=C\C/C=C\CCCCCCCCCC(=O)OC(COC(=O)CCCCCCCCCCCCCCC)COP(=O)(O)OCC(CO)OC(=O)CCCCCCC/C=C\CCCCCC. The van der Waals surface area contributed by atoms with Crippen LogP contribution in [0.2, 0.25) is 0 Å². The van der Waals surface area contributed by atoms with Gasteiger partial charge in [0.25, 0.3) is 0 Å². The van der Waals surface area contributed by atoms with E-state index in [-0.39, 0.29) is 25.9 Å². The second-order valence-electron chi connectivity index (χ2n) is 19.5. The summed E-state index contributed by atoms with van der Waals surface area (Å²) in [7, 11) is -4.74. The number of unbranched alkanes of at least 4 members (excludes halogenated alkanes) is 31. The molecule has 3 unspecified atom stereocenters. The molecule has 11 nitrogen and oxygen atoms in total. The fraction of sp³-hybridized carbons (Fsp3) is 0.845. The van der Waals surface area contributed by atoms with Crippen molar-refractivity contribution in [3.63, 3.8) is 0 Å². The number of phosphoric ester groups is 1. The third kappa shape index (κ3) is 50.6. The van der Waals surface area contributed by atoms with E-state index >= 15 is 0 Å². The molecule has 0 amide bonds. The van der Waals surface area contributed by atoms with Crippen LogP contribution in [-0.4, -0.2) is 66.5 Å². The van der Waals surface area contributed by atoms with E-state index in [4.69, 9.17) is 23.3 Å². The summed E-state index contributed by atoms with van der Waals surface area (Å²) in [4.78, 5) is 48.5. The fourth-order valence-corrected chi connectivity index (χ4v) is 8.87. The van der Waals surface area contributed by atoms with E-state index in [1.807, 2.05) is 0 Å². The molecule has 0 rings (SSSR count). The van der Waals surface area contributed by atoms with Crippen LogP contribution < -0.4 is 0 Å². The average molecular weight is 1010 g/mol. The van der Waals surface area contributed by atoms with Gasteiger partial charge in [-0.2, -0.15) is 0 Å². The molecule has 0 radical (unpaired) electrons. The Balaban J connectivity index is 4.72. The number of phosphoric acid groups is 1. The van der Waals surface area contributed by atoms with Crippen molar-refractivity contribution >= 4 is 25.7 Å². The fourth-order valence-electron chi connectivity index (χ4n) is 8.09. The molecular formula is C58H107O11P. The maximum absolute atomic E-state index is 12.9. The monoisotopic (exact) mass is 1010 g/mol. The molecule has 3 atom stereocenters. The highest BCUT2D eigenvalue weighted by atomic mass is 31.2. The second-order valence-corrected chi connectivity index (χ2v) is 20.9. The Hall–Kier alpha value is -2.30. The standard InChI is InChI=1S/C58H107O11P/c1-4-7-10-13-16-19-22-25-26-27-28-31-34-37-40-43-46-49-58(62)69-55(51-65-56(60)47-44-41-38-35-32-29-23-20-17-14-11-8-5-2)53-67-70(63,64)66-52-54(50-59)68-57(61)48-45-42-39-36-33-30-24-21-18-15-12-9-6-3/h16,19,21,24-26,54-55,59H,4-15,17-18,20,22-23,27-53H2,1-3H3,(H,63,64)/b19-16-,24-21-,26-25-. The van der Waals surface area contributed by atoms with Gasteiger partial charge in [0.15, 0.2) is 6.10 Å². The molecule has 12 heteroatoms. The zero-order chi connectivity index (χ0) is 51.3. The molecule has 0 heterocycles. The molecule has 0 aliphatic rings. The molecule has 0 aromatic heterocycles. The smallest absolute Gasteiger partial charge is 0.462 e. The van der Waals surface area contributed by atoms with Gasteiger partial charge < -0.3 is 24.2 Å². The number of carbonyl (C=O) groups excluding carboxylic acids is 3. The molecule has 0 spiro atoms. The molecule has 0 saturated heterocycles. The summed E-state index contributed by atoms with van der Waals surface area (Å²) >= 11 is 0. The third-order valence-electron chi connectivity index (χ3n) is 12.5. The number of hydrogen-bond donors (Lipinski definition) is 2. The zero-order valence-corrected chi connectivity index (χ0v) is 46.1. The van der Waals surface area contributed by atoms with Crippen molar-refractivity contribution in [2.45, 2.75) is 290 Å². The Morgan fingerprint density at radius 3 is 1.11 bits per heavy atom.